The molecule has 0 unspecified atom stereocenters. The van der Waals surface area contributed by atoms with Crippen LogP contribution in [0.2, 0.25) is 0 Å². The number of aromatic amines is 1. The van der Waals surface area contributed by atoms with Crippen LogP contribution in [0.4, 0.5) is 5.69 Å². The van der Waals surface area contributed by atoms with Crippen LogP contribution in [0.1, 0.15) is 29.6 Å². The van der Waals surface area contributed by atoms with Crippen LogP contribution in [0.15, 0.2) is 29.1 Å². The average Bonchev–Trinajstić information content (AvgIpc) is 3.28. The maximum atomic E-state index is 12.6. The van der Waals surface area contributed by atoms with Crippen LogP contribution in [-0.4, -0.2) is 41.0 Å². The molecule has 1 aliphatic carbocycles. The fourth-order valence-corrected chi connectivity index (χ4v) is 5.00. The van der Waals surface area contributed by atoms with Gasteiger partial charge in [0.25, 0.3) is 5.56 Å². The molecule has 1 amide bonds. The Hall–Kier alpha value is -2.71. The maximum absolute atomic E-state index is 12.6. The van der Waals surface area contributed by atoms with E-state index in [2.05, 4.69) is 15.3 Å². The number of ether oxygens (including phenoxy) is 1. The van der Waals surface area contributed by atoms with Gasteiger partial charge in [-0.05, 0) is 43.5 Å². The first kappa shape index (κ1) is 19.6. The van der Waals surface area contributed by atoms with E-state index in [0.717, 1.165) is 29.5 Å². The van der Waals surface area contributed by atoms with Crippen molar-refractivity contribution in [3.63, 3.8) is 0 Å². The SMILES string of the molecule is CCN(CC(=O)Nc1cccc(OC)c1)Cc1nc2sc3c(c2c(=O)[nH]1)CCC3. The molecular formula is C21H24N4O3S. The predicted octanol–water partition coefficient (Wildman–Crippen LogP) is 2.94. The fraction of sp³-hybridized carbons (Fsp3) is 0.381. The highest BCUT2D eigenvalue weighted by atomic mass is 32.1. The van der Waals surface area contributed by atoms with Gasteiger partial charge in [-0.3, -0.25) is 14.5 Å². The van der Waals surface area contributed by atoms with Gasteiger partial charge in [0.05, 0.1) is 25.6 Å². The van der Waals surface area contributed by atoms with Crippen molar-refractivity contribution >= 4 is 33.1 Å². The number of aromatic nitrogens is 2. The highest BCUT2D eigenvalue weighted by Crippen LogP contribution is 2.34. The predicted molar refractivity (Wildman–Crippen MR) is 115 cm³/mol. The smallest absolute Gasteiger partial charge is 0.259 e. The van der Waals surface area contributed by atoms with Gasteiger partial charge in [0.15, 0.2) is 0 Å². The average molecular weight is 413 g/mol. The topological polar surface area (TPSA) is 87.3 Å². The van der Waals surface area contributed by atoms with E-state index in [-0.39, 0.29) is 18.0 Å². The number of anilines is 1. The quantitative estimate of drug-likeness (QED) is 0.623. The second kappa shape index (κ2) is 8.34. The maximum Gasteiger partial charge on any atom is 0.259 e. The van der Waals surface area contributed by atoms with Crippen LogP contribution < -0.4 is 15.6 Å². The second-order valence-electron chi connectivity index (χ2n) is 7.13. The van der Waals surface area contributed by atoms with Gasteiger partial charge in [-0.15, -0.1) is 11.3 Å². The Morgan fingerprint density at radius 2 is 2.24 bits per heavy atom. The van der Waals surface area contributed by atoms with Gasteiger partial charge >= 0.3 is 0 Å². The Bertz CT molecular complexity index is 1100. The van der Waals surface area contributed by atoms with Crippen LogP contribution in [0, 0.1) is 0 Å². The number of aryl methyl sites for hydroxylation is 2. The third kappa shape index (κ3) is 4.18. The van der Waals surface area contributed by atoms with Crippen molar-refractivity contribution in [2.24, 2.45) is 0 Å². The number of benzene rings is 1. The molecule has 0 aliphatic heterocycles. The number of amides is 1. The van der Waals surface area contributed by atoms with Crippen molar-refractivity contribution in [2.45, 2.75) is 32.7 Å². The van der Waals surface area contributed by atoms with Crippen molar-refractivity contribution in [1.29, 1.82) is 0 Å². The van der Waals surface area contributed by atoms with E-state index < -0.39 is 0 Å². The van der Waals surface area contributed by atoms with Crippen LogP contribution in [0.3, 0.4) is 0 Å². The summed E-state index contributed by atoms with van der Waals surface area (Å²) in [6, 6.07) is 7.25. The number of nitrogens with one attached hydrogen (secondary N) is 2. The minimum Gasteiger partial charge on any atom is -0.497 e. The summed E-state index contributed by atoms with van der Waals surface area (Å²) in [4.78, 5) is 36.7. The Kier molecular flexibility index (Phi) is 5.64. The molecule has 29 heavy (non-hydrogen) atoms. The summed E-state index contributed by atoms with van der Waals surface area (Å²) in [6.45, 7) is 3.26. The molecule has 0 saturated carbocycles. The van der Waals surface area contributed by atoms with E-state index in [1.54, 1.807) is 24.5 Å². The zero-order valence-electron chi connectivity index (χ0n) is 16.6. The number of carbonyl (C=O) groups excluding carboxylic acids is 1. The minimum absolute atomic E-state index is 0.0683. The van der Waals surface area contributed by atoms with Gasteiger partial charge < -0.3 is 15.0 Å². The molecule has 0 radical (unpaired) electrons. The lowest BCUT2D eigenvalue weighted by Gasteiger charge is -2.19. The Labute approximate surface area is 172 Å². The standard InChI is InChI=1S/C21H24N4O3S/c1-3-25(12-18(26)22-13-6-4-7-14(10-13)28-2)11-17-23-20(27)19-15-8-5-9-16(15)29-21(19)24-17/h4,6-7,10H,3,5,8-9,11-12H2,1-2H3,(H,22,26)(H,23,24,27). The monoisotopic (exact) mass is 412 g/mol. The van der Waals surface area contributed by atoms with Crippen LogP contribution in [0.5, 0.6) is 5.75 Å². The number of nitrogens with zero attached hydrogens (tertiary/aromatic N) is 2. The largest absolute Gasteiger partial charge is 0.497 e. The third-order valence-electron chi connectivity index (χ3n) is 5.17. The van der Waals surface area contributed by atoms with Gasteiger partial charge in [-0.1, -0.05) is 13.0 Å². The fourth-order valence-electron chi connectivity index (χ4n) is 3.72. The van der Waals surface area contributed by atoms with E-state index in [0.29, 0.717) is 30.4 Å². The van der Waals surface area contributed by atoms with E-state index in [9.17, 15) is 9.59 Å². The molecule has 2 N–H and O–H groups in total. The summed E-state index contributed by atoms with van der Waals surface area (Å²) in [6.07, 6.45) is 3.12. The number of rotatable bonds is 7. The number of hydrogen-bond donors (Lipinski definition) is 2. The summed E-state index contributed by atoms with van der Waals surface area (Å²) in [5.74, 6) is 1.16. The lowest BCUT2D eigenvalue weighted by Crippen LogP contribution is -2.33. The molecule has 2 heterocycles. The molecule has 3 aromatic rings. The van der Waals surface area contributed by atoms with Gasteiger partial charge in [-0.25, -0.2) is 4.98 Å². The molecule has 0 bridgehead atoms. The van der Waals surface area contributed by atoms with Gasteiger partial charge in [0.2, 0.25) is 5.91 Å². The molecule has 0 spiro atoms. The molecule has 0 saturated heterocycles. The Morgan fingerprint density at radius 3 is 3.03 bits per heavy atom. The van der Waals surface area contributed by atoms with Crippen molar-refractivity contribution in [3.8, 4) is 5.75 Å². The molecule has 152 valence electrons. The summed E-state index contributed by atoms with van der Waals surface area (Å²) < 4.78 is 5.18. The van der Waals surface area contributed by atoms with E-state index in [1.807, 2.05) is 30.0 Å². The number of H-pyrrole nitrogens is 1. The van der Waals surface area contributed by atoms with Crippen molar-refractivity contribution in [2.75, 3.05) is 25.5 Å². The van der Waals surface area contributed by atoms with E-state index in [4.69, 9.17) is 4.74 Å². The molecule has 0 fully saturated rings. The normalized spacial score (nSPS) is 13.1. The van der Waals surface area contributed by atoms with Crippen LogP contribution in [-0.2, 0) is 24.2 Å². The summed E-state index contributed by atoms with van der Waals surface area (Å²) in [7, 11) is 1.59. The first-order valence-corrected chi connectivity index (χ1v) is 10.6. The third-order valence-corrected chi connectivity index (χ3v) is 6.35. The zero-order chi connectivity index (χ0) is 20.4. The first-order chi connectivity index (χ1) is 14.1. The molecule has 0 atom stereocenters. The van der Waals surface area contributed by atoms with Crippen molar-refractivity contribution in [1.82, 2.24) is 14.9 Å². The van der Waals surface area contributed by atoms with Crippen molar-refractivity contribution < 1.29 is 9.53 Å². The number of hydrogen-bond acceptors (Lipinski definition) is 6. The summed E-state index contributed by atoms with van der Waals surface area (Å²) in [5, 5.41) is 3.64. The highest BCUT2D eigenvalue weighted by molar-refractivity contribution is 7.18. The summed E-state index contributed by atoms with van der Waals surface area (Å²) in [5.41, 5.74) is 1.79. The molecular weight excluding hydrogens is 388 g/mol. The number of methoxy groups -OCH3 is 1. The Balaban J connectivity index is 1.46. The number of fused-ring (bicyclic) bond motifs is 3. The Morgan fingerprint density at radius 1 is 1.38 bits per heavy atom. The summed E-state index contributed by atoms with van der Waals surface area (Å²) >= 11 is 1.63. The van der Waals surface area contributed by atoms with Gasteiger partial charge in [-0.2, -0.15) is 0 Å². The van der Waals surface area contributed by atoms with Gasteiger partial charge in [0.1, 0.15) is 16.4 Å². The zero-order valence-corrected chi connectivity index (χ0v) is 17.4. The lowest BCUT2D eigenvalue weighted by molar-refractivity contribution is -0.117. The number of carbonyl (C=O) groups is 1. The van der Waals surface area contributed by atoms with Crippen LogP contribution >= 0.6 is 11.3 Å². The molecule has 1 aromatic carbocycles. The second-order valence-corrected chi connectivity index (χ2v) is 8.22. The molecule has 2 aromatic heterocycles. The lowest BCUT2D eigenvalue weighted by atomic mass is 10.2. The molecule has 8 heteroatoms. The minimum atomic E-state index is -0.126. The van der Waals surface area contributed by atoms with E-state index in [1.165, 1.54) is 10.4 Å². The van der Waals surface area contributed by atoms with E-state index >= 15 is 0 Å². The van der Waals surface area contributed by atoms with Crippen LogP contribution in [0.25, 0.3) is 10.2 Å². The van der Waals surface area contributed by atoms with Crippen molar-refractivity contribution in [3.05, 3.63) is 50.9 Å². The number of thiophene rings is 1. The number of likely N-dealkylation sites (N-methyl/N-ethyl adjacent to an activating group) is 1. The van der Waals surface area contributed by atoms with Gasteiger partial charge in [0, 0.05) is 16.6 Å². The molecule has 4 rings (SSSR count). The molecule has 1 aliphatic rings. The molecule has 7 nitrogen and oxygen atoms in total. The highest BCUT2D eigenvalue weighted by Gasteiger charge is 2.21. The first-order valence-electron chi connectivity index (χ1n) is 9.77.